The van der Waals surface area contributed by atoms with E-state index in [9.17, 15) is 14.8 Å². The molecule has 2 N–H and O–H groups in total. The summed E-state index contributed by atoms with van der Waals surface area (Å²) in [5, 5.41) is 20.8. The third kappa shape index (κ3) is 3.18. The van der Waals surface area contributed by atoms with Crippen molar-refractivity contribution in [2.24, 2.45) is 0 Å². The summed E-state index contributed by atoms with van der Waals surface area (Å²) in [6.45, 7) is 1.09. The van der Waals surface area contributed by atoms with Gasteiger partial charge in [0, 0.05) is 16.8 Å². The second kappa shape index (κ2) is 5.92. The van der Waals surface area contributed by atoms with E-state index in [1.807, 2.05) is 36.4 Å². The van der Waals surface area contributed by atoms with Crippen molar-refractivity contribution in [1.82, 2.24) is 0 Å². The minimum absolute atomic E-state index is 0.0184. The monoisotopic (exact) mass is 290 g/mol. The Morgan fingerprint density at radius 1 is 0.950 bits per heavy atom. The Morgan fingerprint density at radius 3 is 1.70 bits per heavy atom. The lowest BCUT2D eigenvalue weighted by Gasteiger charge is -2.28. The molecule has 0 radical (unpaired) electrons. The fourth-order valence-electron chi connectivity index (χ4n) is 2.20. The molecular weight excluding hydrogens is 271 g/mol. The van der Waals surface area contributed by atoms with Crippen molar-refractivity contribution in [3.05, 3.63) is 60.7 Å². The summed E-state index contributed by atoms with van der Waals surface area (Å²) in [5.74, 6) is 0. The second-order valence-electron chi connectivity index (χ2n) is 5.22. The van der Waals surface area contributed by atoms with Crippen LogP contribution in [0.4, 0.5) is 0 Å². The molecule has 20 heavy (non-hydrogen) atoms. The molecule has 0 bridgehead atoms. The van der Waals surface area contributed by atoms with Gasteiger partial charge in [0.15, 0.2) is 0 Å². The second-order valence-corrected chi connectivity index (χ2v) is 8.05. The molecule has 0 spiro atoms. The van der Waals surface area contributed by atoms with E-state index in [1.54, 1.807) is 24.3 Å². The zero-order valence-corrected chi connectivity index (χ0v) is 12.3. The standard InChI is InChI=1S/C16H19O3P/c1-16(18,12-17)13-20(19,14-8-4-2-5-9-14)15-10-6-3-7-11-15/h2-11,17-18H,12-13H2,1H3. The smallest absolute Gasteiger partial charge is 0.146 e. The number of hydrogen-bond donors (Lipinski definition) is 2. The van der Waals surface area contributed by atoms with Gasteiger partial charge in [0.2, 0.25) is 0 Å². The minimum Gasteiger partial charge on any atom is -0.393 e. The topological polar surface area (TPSA) is 57.5 Å². The highest BCUT2D eigenvalue weighted by molar-refractivity contribution is 7.78. The van der Waals surface area contributed by atoms with Crippen LogP contribution in [0.5, 0.6) is 0 Å². The van der Waals surface area contributed by atoms with E-state index in [4.69, 9.17) is 0 Å². The first-order valence-corrected chi connectivity index (χ1v) is 8.41. The fraction of sp³-hybridized carbons (Fsp3) is 0.250. The lowest BCUT2D eigenvalue weighted by atomic mass is 10.2. The summed E-state index contributed by atoms with van der Waals surface area (Å²) in [6.07, 6.45) is 0.0184. The zero-order chi connectivity index (χ0) is 14.6. The number of aliphatic hydroxyl groups is 2. The van der Waals surface area contributed by atoms with Crippen LogP contribution in [0.3, 0.4) is 0 Å². The average molecular weight is 290 g/mol. The van der Waals surface area contributed by atoms with Crippen LogP contribution in [0.2, 0.25) is 0 Å². The molecule has 0 saturated carbocycles. The normalized spacial score (nSPS) is 14.8. The Morgan fingerprint density at radius 2 is 1.35 bits per heavy atom. The van der Waals surface area contributed by atoms with Crippen LogP contribution in [0.25, 0.3) is 0 Å². The van der Waals surface area contributed by atoms with Gasteiger partial charge in [-0.05, 0) is 6.92 Å². The van der Waals surface area contributed by atoms with Gasteiger partial charge in [0.05, 0.1) is 12.2 Å². The largest absolute Gasteiger partial charge is 0.393 e. The van der Waals surface area contributed by atoms with E-state index >= 15 is 0 Å². The van der Waals surface area contributed by atoms with E-state index in [-0.39, 0.29) is 6.16 Å². The molecule has 1 unspecified atom stereocenters. The number of hydrogen-bond acceptors (Lipinski definition) is 3. The van der Waals surface area contributed by atoms with Crippen molar-refractivity contribution in [2.75, 3.05) is 12.8 Å². The lowest BCUT2D eigenvalue weighted by Crippen LogP contribution is -2.37. The summed E-state index contributed by atoms with van der Waals surface area (Å²) in [4.78, 5) is 0. The molecule has 0 aliphatic rings. The molecule has 0 aliphatic carbocycles. The molecule has 0 heterocycles. The summed E-state index contributed by atoms with van der Waals surface area (Å²) in [7, 11) is -2.97. The molecule has 0 fully saturated rings. The summed E-state index contributed by atoms with van der Waals surface area (Å²) in [6, 6.07) is 18.3. The Labute approximate surface area is 119 Å². The molecule has 106 valence electrons. The molecule has 0 aliphatic heterocycles. The van der Waals surface area contributed by atoms with Gasteiger partial charge >= 0.3 is 0 Å². The summed E-state index contributed by atoms with van der Waals surface area (Å²) in [5.41, 5.74) is -1.37. The first-order chi connectivity index (χ1) is 9.48. The quantitative estimate of drug-likeness (QED) is 0.825. The van der Waals surface area contributed by atoms with E-state index in [0.29, 0.717) is 10.6 Å². The van der Waals surface area contributed by atoms with Gasteiger partial charge in [-0.3, -0.25) is 0 Å². The van der Waals surface area contributed by atoms with Gasteiger partial charge in [-0.1, -0.05) is 60.7 Å². The highest BCUT2D eigenvalue weighted by Gasteiger charge is 2.35. The lowest BCUT2D eigenvalue weighted by molar-refractivity contribution is 0.0211. The maximum absolute atomic E-state index is 13.5. The van der Waals surface area contributed by atoms with Gasteiger partial charge in [-0.25, -0.2) is 0 Å². The SMILES string of the molecule is CC(O)(CO)CP(=O)(c1ccccc1)c1ccccc1. The molecule has 2 rings (SSSR count). The van der Waals surface area contributed by atoms with Crippen molar-refractivity contribution in [3.8, 4) is 0 Å². The van der Waals surface area contributed by atoms with Crippen LogP contribution in [0.15, 0.2) is 60.7 Å². The van der Waals surface area contributed by atoms with Crippen molar-refractivity contribution in [2.45, 2.75) is 12.5 Å². The van der Waals surface area contributed by atoms with Gasteiger partial charge in [-0.15, -0.1) is 0 Å². The number of aliphatic hydroxyl groups excluding tert-OH is 1. The third-order valence-corrected chi connectivity index (χ3v) is 6.64. The van der Waals surface area contributed by atoms with Crippen LogP contribution < -0.4 is 10.6 Å². The maximum atomic E-state index is 13.5. The van der Waals surface area contributed by atoms with E-state index in [2.05, 4.69) is 0 Å². The molecule has 0 saturated heterocycles. The Hall–Kier alpha value is -1.41. The van der Waals surface area contributed by atoms with Crippen molar-refractivity contribution in [1.29, 1.82) is 0 Å². The van der Waals surface area contributed by atoms with Crippen molar-refractivity contribution >= 4 is 17.8 Å². The van der Waals surface area contributed by atoms with Gasteiger partial charge in [0.25, 0.3) is 0 Å². The predicted molar refractivity (Wildman–Crippen MR) is 82.3 cm³/mol. The number of benzene rings is 2. The van der Waals surface area contributed by atoms with Crippen LogP contribution in [-0.4, -0.2) is 28.6 Å². The van der Waals surface area contributed by atoms with Gasteiger partial charge in [-0.2, -0.15) is 0 Å². The molecule has 0 aromatic heterocycles. The molecule has 2 aromatic rings. The Bertz CT molecular complexity index is 550. The Kier molecular flexibility index (Phi) is 4.44. The summed E-state index contributed by atoms with van der Waals surface area (Å²) >= 11 is 0. The zero-order valence-electron chi connectivity index (χ0n) is 11.4. The molecular formula is C16H19O3P. The number of rotatable bonds is 5. The van der Waals surface area contributed by atoms with Gasteiger partial charge in [0.1, 0.15) is 7.14 Å². The van der Waals surface area contributed by atoms with Gasteiger partial charge < -0.3 is 14.8 Å². The molecule has 0 amide bonds. The molecule has 3 nitrogen and oxygen atoms in total. The fourth-order valence-corrected chi connectivity index (χ4v) is 5.23. The first-order valence-electron chi connectivity index (χ1n) is 6.51. The molecule has 1 atom stereocenters. The highest BCUT2D eigenvalue weighted by atomic mass is 31.2. The van der Waals surface area contributed by atoms with E-state index < -0.39 is 19.3 Å². The van der Waals surface area contributed by atoms with E-state index in [1.165, 1.54) is 6.92 Å². The average Bonchev–Trinajstić information content (AvgIpc) is 2.48. The van der Waals surface area contributed by atoms with Crippen LogP contribution >= 0.6 is 7.14 Å². The van der Waals surface area contributed by atoms with Crippen molar-refractivity contribution in [3.63, 3.8) is 0 Å². The Balaban J connectivity index is 2.53. The highest BCUT2D eigenvalue weighted by Crippen LogP contribution is 2.45. The summed E-state index contributed by atoms with van der Waals surface area (Å²) < 4.78 is 13.5. The van der Waals surface area contributed by atoms with E-state index in [0.717, 1.165) is 0 Å². The predicted octanol–water partition coefficient (Wildman–Crippen LogP) is 1.74. The van der Waals surface area contributed by atoms with Crippen LogP contribution in [0, 0.1) is 0 Å². The maximum Gasteiger partial charge on any atom is 0.146 e. The third-order valence-electron chi connectivity index (χ3n) is 3.25. The molecule has 4 heteroatoms. The van der Waals surface area contributed by atoms with Crippen molar-refractivity contribution < 1.29 is 14.8 Å². The minimum atomic E-state index is -2.97. The van der Waals surface area contributed by atoms with Crippen LogP contribution in [0.1, 0.15) is 6.92 Å². The van der Waals surface area contributed by atoms with Crippen LogP contribution in [-0.2, 0) is 4.57 Å². The first kappa shape index (κ1) is 15.0. The molecule has 2 aromatic carbocycles.